The van der Waals surface area contributed by atoms with Gasteiger partial charge in [0.2, 0.25) is 0 Å². The van der Waals surface area contributed by atoms with Gasteiger partial charge in [0.1, 0.15) is 23.0 Å². The molecule has 1 aliphatic heterocycles. The highest BCUT2D eigenvalue weighted by Crippen LogP contribution is 2.41. The number of amides is 1. The zero-order chi connectivity index (χ0) is 21.3. The van der Waals surface area contributed by atoms with Crippen LogP contribution in [0.25, 0.3) is 5.76 Å². The molecule has 0 radical (unpaired) electrons. The summed E-state index contributed by atoms with van der Waals surface area (Å²) in [4.78, 5) is 27.1. The van der Waals surface area contributed by atoms with Gasteiger partial charge in [-0.25, -0.2) is 0 Å². The van der Waals surface area contributed by atoms with Crippen LogP contribution >= 0.6 is 0 Å². The smallest absolute Gasteiger partial charge is 0.296 e. The number of rotatable bonds is 5. The number of benzene rings is 2. The second-order valence-corrected chi connectivity index (χ2v) is 6.83. The molecule has 2 aromatic carbocycles. The third-order valence-corrected chi connectivity index (χ3v) is 5.00. The van der Waals surface area contributed by atoms with Crippen molar-refractivity contribution in [2.75, 3.05) is 7.11 Å². The lowest BCUT2D eigenvalue weighted by molar-refractivity contribution is -0.140. The van der Waals surface area contributed by atoms with Crippen molar-refractivity contribution in [2.45, 2.75) is 12.6 Å². The summed E-state index contributed by atoms with van der Waals surface area (Å²) >= 11 is 0. The van der Waals surface area contributed by atoms with Gasteiger partial charge in [0.25, 0.3) is 11.7 Å². The largest absolute Gasteiger partial charge is 0.508 e. The highest BCUT2D eigenvalue weighted by molar-refractivity contribution is 6.46. The number of hydrogen-bond acceptors (Lipinski definition) is 6. The third kappa shape index (κ3) is 3.41. The molecule has 1 atom stereocenters. The van der Waals surface area contributed by atoms with Crippen LogP contribution in [0.1, 0.15) is 22.9 Å². The maximum atomic E-state index is 12.9. The van der Waals surface area contributed by atoms with E-state index in [1.807, 2.05) is 0 Å². The van der Waals surface area contributed by atoms with E-state index in [9.17, 15) is 19.8 Å². The molecule has 1 saturated heterocycles. The molecule has 152 valence electrons. The monoisotopic (exact) mass is 405 g/mol. The Bertz CT molecular complexity index is 1110. The number of nitrogens with zero attached hydrogens (tertiary/aromatic N) is 1. The number of phenols is 1. The van der Waals surface area contributed by atoms with Gasteiger partial charge in [-0.1, -0.05) is 12.1 Å². The molecule has 4 rings (SSSR count). The minimum absolute atomic E-state index is 0.0134. The zero-order valence-electron chi connectivity index (χ0n) is 16.1. The first-order valence-electron chi connectivity index (χ1n) is 9.23. The quantitative estimate of drug-likeness (QED) is 0.382. The number of likely N-dealkylation sites (tertiary alicyclic amines) is 1. The van der Waals surface area contributed by atoms with Crippen molar-refractivity contribution in [1.82, 2.24) is 4.90 Å². The number of methoxy groups -OCH3 is 1. The van der Waals surface area contributed by atoms with Crippen LogP contribution in [0.3, 0.4) is 0 Å². The van der Waals surface area contributed by atoms with Crippen molar-refractivity contribution >= 4 is 17.4 Å². The van der Waals surface area contributed by atoms with Crippen LogP contribution in [-0.2, 0) is 16.1 Å². The Morgan fingerprint density at radius 3 is 2.50 bits per heavy atom. The molecule has 0 aliphatic carbocycles. The van der Waals surface area contributed by atoms with Gasteiger partial charge >= 0.3 is 0 Å². The van der Waals surface area contributed by atoms with Gasteiger partial charge < -0.3 is 24.3 Å². The first kappa shape index (κ1) is 19.3. The average molecular weight is 405 g/mol. The van der Waals surface area contributed by atoms with Crippen LogP contribution in [0.4, 0.5) is 0 Å². The second kappa shape index (κ2) is 7.79. The van der Waals surface area contributed by atoms with Crippen molar-refractivity contribution in [2.24, 2.45) is 0 Å². The summed E-state index contributed by atoms with van der Waals surface area (Å²) in [6.45, 7) is 0.0390. The first-order chi connectivity index (χ1) is 14.5. The number of Topliss-reactive ketones (excluding diaryl/α,β-unsaturated/α-hetero) is 1. The fraction of sp³-hybridized carbons (Fsp3) is 0.130. The Balaban J connectivity index is 1.85. The predicted molar refractivity (Wildman–Crippen MR) is 108 cm³/mol. The fourth-order valence-corrected chi connectivity index (χ4v) is 3.56. The maximum absolute atomic E-state index is 12.9. The van der Waals surface area contributed by atoms with E-state index >= 15 is 0 Å². The van der Waals surface area contributed by atoms with E-state index in [0.717, 1.165) is 0 Å². The summed E-state index contributed by atoms with van der Waals surface area (Å²) in [5.41, 5.74) is 0.815. The van der Waals surface area contributed by atoms with Crippen LogP contribution < -0.4 is 4.74 Å². The van der Waals surface area contributed by atoms with Crippen molar-refractivity contribution in [3.63, 3.8) is 0 Å². The number of aliphatic hydroxyl groups excluding tert-OH is 1. The minimum atomic E-state index is -0.885. The van der Waals surface area contributed by atoms with Gasteiger partial charge in [-0.2, -0.15) is 0 Å². The topological polar surface area (TPSA) is 100 Å². The summed E-state index contributed by atoms with van der Waals surface area (Å²) in [7, 11) is 1.52. The molecule has 1 aromatic heterocycles. The van der Waals surface area contributed by atoms with E-state index in [0.29, 0.717) is 22.6 Å². The van der Waals surface area contributed by atoms with Gasteiger partial charge in [-0.15, -0.1) is 0 Å². The molecule has 1 unspecified atom stereocenters. The Morgan fingerprint density at radius 2 is 1.87 bits per heavy atom. The van der Waals surface area contributed by atoms with Gasteiger partial charge in [0.05, 0.1) is 31.5 Å². The second-order valence-electron chi connectivity index (χ2n) is 6.83. The van der Waals surface area contributed by atoms with Crippen LogP contribution in [0.5, 0.6) is 11.5 Å². The number of hydrogen-bond donors (Lipinski definition) is 2. The predicted octanol–water partition coefficient (Wildman–Crippen LogP) is 3.62. The van der Waals surface area contributed by atoms with Gasteiger partial charge in [-0.3, -0.25) is 9.59 Å². The SMILES string of the molecule is COc1ccc(/C(O)=C2\C(=O)C(=O)N(Cc3ccco3)C2c2cccc(O)c2)cc1. The summed E-state index contributed by atoms with van der Waals surface area (Å²) in [5, 5.41) is 20.9. The minimum Gasteiger partial charge on any atom is -0.508 e. The fourth-order valence-electron chi connectivity index (χ4n) is 3.56. The number of phenolic OH excluding ortho intramolecular Hbond substituents is 1. The van der Waals surface area contributed by atoms with E-state index in [1.165, 1.54) is 30.4 Å². The van der Waals surface area contributed by atoms with Gasteiger partial charge in [0, 0.05) is 5.56 Å². The maximum Gasteiger partial charge on any atom is 0.296 e. The van der Waals surface area contributed by atoms with Crippen molar-refractivity contribution in [1.29, 1.82) is 0 Å². The Labute approximate surface area is 172 Å². The summed E-state index contributed by atoms with van der Waals surface area (Å²) in [6, 6.07) is 15.3. The van der Waals surface area contributed by atoms with E-state index < -0.39 is 17.7 Å². The molecule has 2 heterocycles. The van der Waals surface area contributed by atoms with Crippen molar-refractivity contribution in [3.8, 4) is 11.5 Å². The lowest BCUT2D eigenvalue weighted by atomic mass is 9.95. The molecule has 7 heteroatoms. The molecular weight excluding hydrogens is 386 g/mol. The molecule has 30 heavy (non-hydrogen) atoms. The van der Waals surface area contributed by atoms with E-state index in [4.69, 9.17) is 9.15 Å². The molecule has 1 fully saturated rings. The molecule has 7 nitrogen and oxygen atoms in total. The molecule has 3 aromatic rings. The molecule has 0 bridgehead atoms. The third-order valence-electron chi connectivity index (χ3n) is 5.00. The molecule has 0 spiro atoms. The van der Waals surface area contributed by atoms with Gasteiger partial charge in [-0.05, 0) is 54.1 Å². The van der Waals surface area contributed by atoms with Crippen LogP contribution in [-0.4, -0.2) is 33.9 Å². The van der Waals surface area contributed by atoms with Crippen LogP contribution in [0.2, 0.25) is 0 Å². The van der Waals surface area contributed by atoms with E-state index in [1.54, 1.807) is 48.5 Å². The summed E-state index contributed by atoms with van der Waals surface area (Å²) in [6.07, 6.45) is 1.48. The lowest BCUT2D eigenvalue weighted by Crippen LogP contribution is -2.29. The normalized spacial score (nSPS) is 18.0. The Hall–Kier alpha value is -4.00. The number of carbonyl (C=O) groups excluding carboxylic acids is 2. The number of aromatic hydroxyl groups is 1. The van der Waals surface area contributed by atoms with Crippen molar-refractivity contribution < 1.29 is 29.0 Å². The number of furan rings is 1. The highest BCUT2D eigenvalue weighted by atomic mass is 16.5. The Kier molecular flexibility index (Phi) is 5.02. The molecule has 1 amide bonds. The Morgan fingerprint density at radius 1 is 1.10 bits per heavy atom. The standard InChI is InChI=1S/C23H19NO6/c1-29-17-9-7-14(8-10-17)21(26)19-20(15-4-2-5-16(25)12-15)24(23(28)22(19)27)13-18-6-3-11-30-18/h2-12,20,25-26H,13H2,1H3/b21-19+. The number of aliphatic hydroxyl groups is 1. The number of ketones is 1. The molecular formula is C23H19NO6. The number of ether oxygens (including phenoxy) is 1. The molecule has 1 aliphatic rings. The van der Waals surface area contributed by atoms with Crippen molar-refractivity contribution in [3.05, 3.63) is 89.4 Å². The average Bonchev–Trinajstić information content (AvgIpc) is 3.36. The first-order valence-corrected chi connectivity index (χ1v) is 9.23. The van der Waals surface area contributed by atoms with E-state index in [2.05, 4.69) is 0 Å². The zero-order valence-corrected chi connectivity index (χ0v) is 16.1. The number of carbonyl (C=O) groups is 2. The highest BCUT2D eigenvalue weighted by Gasteiger charge is 2.46. The summed E-state index contributed by atoms with van der Waals surface area (Å²) in [5.74, 6) is -0.786. The van der Waals surface area contributed by atoms with E-state index in [-0.39, 0.29) is 23.6 Å². The molecule has 0 saturated carbocycles. The summed E-state index contributed by atoms with van der Waals surface area (Å²) < 4.78 is 10.5. The molecule has 2 N–H and O–H groups in total. The lowest BCUT2D eigenvalue weighted by Gasteiger charge is -2.24. The van der Waals surface area contributed by atoms with Crippen LogP contribution in [0.15, 0.2) is 76.9 Å². The van der Waals surface area contributed by atoms with Gasteiger partial charge in [0.15, 0.2) is 0 Å². The van der Waals surface area contributed by atoms with Crippen LogP contribution in [0, 0.1) is 0 Å².